The van der Waals surface area contributed by atoms with E-state index in [9.17, 15) is 0 Å². The first-order chi connectivity index (χ1) is 11.4. The molecule has 0 spiro atoms. The predicted octanol–water partition coefficient (Wildman–Crippen LogP) is 3.53. The minimum absolute atomic E-state index is 0.167. The van der Waals surface area contributed by atoms with Crippen molar-refractivity contribution in [3.63, 3.8) is 0 Å². The van der Waals surface area contributed by atoms with Gasteiger partial charge in [-0.05, 0) is 18.2 Å². The molecule has 1 aliphatic heterocycles. The monoisotopic (exact) mass is 298 g/mol. The lowest BCUT2D eigenvalue weighted by Crippen LogP contribution is -1.95. The van der Waals surface area contributed by atoms with Crippen molar-refractivity contribution in [1.82, 2.24) is 14.6 Å². The molecule has 4 rings (SSSR count). The summed E-state index contributed by atoms with van der Waals surface area (Å²) in [5.41, 5.74) is 6.86. The highest BCUT2D eigenvalue weighted by Crippen LogP contribution is 2.22. The molecule has 23 heavy (non-hydrogen) atoms. The van der Waals surface area contributed by atoms with Crippen LogP contribution in [-0.4, -0.2) is 20.8 Å². The molecule has 0 amide bonds. The Labute approximate surface area is 133 Å². The minimum atomic E-state index is 0.167. The number of allylic oxidation sites excluding steroid dienone is 7. The highest BCUT2D eigenvalue weighted by Gasteiger charge is 2.11. The number of nitrogens with zero attached hydrogens (tertiary/aromatic N) is 4. The van der Waals surface area contributed by atoms with E-state index in [1.54, 1.807) is 16.9 Å². The third kappa shape index (κ3) is 2.63. The van der Waals surface area contributed by atoms with Gasteiger partial charge in [-0.15, -0.1) is 5.73 Å². The molecule has 0 bridgehead atoms. The minimum Gasteiger partial charge on any atom is -0.259 e. The van der Waals surface area contributed by atoms with E-state index in [1.807, 2.05) is 54.9 Å². The van der Waals surface area contributed by atoms with Crippen LogP contribution < -0.4 is 0 Å². The maximum atomic E-state index is 4.64. The van der Waals surface area contributed by atoms with Gasteiger partial charge in [-0.1, -0.05) is 36.5 Å². The first-order valence-corrected chi connectivity index (χ1v) is 7.43. The normalized spacial score (nSPS) is 17.2. The fourth-order valence-electron chi connectivity index (χ4n) is 2.56. The van der Waals surface area contributed by atoms with Crippen LogP contribution in [0, 0.1) is 5.92 Å². The summed E-state index contributed by atoms with van der Waals surface area (Å²) in [6.45, 7) is 0. The quantitative estimate of drug-likeness (QED) is 0.796. The second-order valence-electron chi connectivity index (χ2n) is 5.20. The van der Waals surface area contributed by atoms with Crippen LogP contribution in [0.4, 0.5) is 0 Å². The van der Waals surface area contributed by atoms with E-state index in [1.165, 1.54) is 0 Å². The lowest BCUT2D eigenvalue weighted by molar-refractivity contribution is 0.939. The summed E-state index contributed by atoms with van der Waals surface area (Å²) in [5.74, 6) is 0.167. The third-order valence-corrected chi connectivity index (χ3v) is 3.72. The molecular weight excluding hydrogens is 284 g/mol. The third-order valence-electron chi connectivity index (χ3n) is 3.72. The summed E-state index contributed by atoms with van der Waals surface area (Å²) < 4.78 is 1.75. The summed E-state index contributed by atoms with van der Waals surface area (Å²) in [5, 5.41) is 4.32. The summed E-state index contributed by atoms with van der Waals surface area (Å²) in [7, 11) is 0. The van der Waals surface area contributed by atoms with Crippen molar-refractivity contribution < 1.29 is 0 Å². The van der Waals surface area contributed by atoms with Gasteiger partial charge in [0.2, 0.25) is 0 Å². The maximum absolute atomic E-state index is 4.64. The van der Waals surface area contributed by atoms with E-state index in [2.05, 4.69) is 33.0 Å². The zero-order valence-electron chi connectivity index (χ0n) is 12.4. The Morgan fingerprint density at radius 1 is 1.09 bits per heavy atom. The number of fused-ring (bicyclic) bond motifs is 1. The highest BCUT2D eigenvalue weighted by molar-refractivity contribution is 6.12. The summed E-state index contributed by atoms with van der Waals surface area (Å²) in [6.07, 6.45) is 23.5. The number of hydrogen-bond acceptors (Lipinski definition) is 3. The fraction of sp³-hybridized carbons (Fsp3) is 0.0526. The molecule has 0 fully saturated rings. The Morgan fingerprint density at radius 2 is 1.96 bits per heavy atom. The zero-order chi connectivity index (χ0) is 15.5. The number of hydrogen-bond donors (Lipinski definition) is 0. The average molecular weight is 298 g/mol. The fourth-order valence-corrected chi connectivity index (χ4v) is 2.56. The second kappa shape index (κ2) is 5.87. The SMILES string of the molecule is C1=CC=C(C2C=CC=CC=C2)N=CC=1c1cnn2cccnc12. The van der Waals surface area contributed by atoms with Gasteiger partial charge in [0.1, 0.15) is 0 Å². The second-order valence-corrected chi connectivity index (χ2v) is 5.20. The van der Waals surface area contributed by atoms with Gasteiger partial charge in [-0.25, -0.2) is 9.50 Å². The molecule has 0 unspecified atom stereocenters. The molecule has 4 nitrogen and oxygen atoms in total. The number of aliphatic imine (C=N–C) groups is 1. The first-order valence-electron chi connectivity index (χ1n) is 7.43. The van der Waals surface area contributed by atoms with E-state index < -0.39 is 0 Å². The van der Waals surface area contributed by atoms with Crippen molar-refractivity contribution in [2.75, 3.05) is 0 Å². The van der Waals surface area contributed by atoms with Gasteiger partial charge in [-0.2, -0.15) is 5.10 Å². The summed E-state index contributed by atoms with van der Waals surface area (Å²) in [4.78, 5) is 9.03. The van der Waals surface area contributed by atoms with E-state index in [-0.39, 0.29) is 5.92 Å². The molecule has 0 aromatic carbocycles. The Morgan fingerprint density at radius 3 is 2.83 bits per heavy atom. The Hall–Kier alpha value is -3.23. The molecule has 2 aromatic rings. The van der Waals surface area contributed by atoms with Crippen LogP contribution in [0.1, 0.15) is 5.56 Å². The lowest BCUT2D eigenvalue weighted by Gasteiger charge is -2.06. The molecular formula is C19H14N4. The van der Waals surface area contributed by atoms with Crippen LogP contribution in [0.25, 0.3) is 11.2 Å². The molecule has 110 valence electrons. The van der Waals surface area contributed by atoms with Crippen molar-refractivity contribution in [3.8, 4) is 0 Å². The smallest absolute Gasteiger partial charge is 0.163 e. The van der Waals surface area contributed by atoms with Crippen LogP contribution >= 0.6 is 0 Å². The molecule has 4 heteroatoms. The van der Waals surface area contributed by atoms with Crippen molar-refractivity contribution >= 4 is 17.4 Å². The van der Waals surface area contributed by atoms with E-state index >= 15 is 0 Å². The molecule has 0 atom stereocenters. The van der Waals surface area contributed by atoms with Gasteiger partial charge in [0.05, 0.1) is 17.5 Å². The van der Waals surface area contributed by atoms with Crippen LogP contribution in [0.3, 0.4) is 0 Å². The molecule has 0 saturated carbocycles. The molecule has 3 heterocycles. The number of aromatic nitrogens is 3. The van der Waals surface area contributed by atoms with Gasteiger partial charge in [0.15, 0.2) is 5.65 Å². The molecule has 0 saturated heterocycles. The average Bonchev–Trinajstić information content (AvgIpc) is 2.77. The largest absolute Gasteiger partial charge is 0.259 e. The van der Waals surface area contributed by atoms with Crippen molar-refractivity contribution in [3.05, 3.63) is 90.3 Å². The van der Waals surface area contributed by atoms with Crippen LogP contribution in [-0.2, 0) is 0 Å². The summed E-state index contributed by atoms with van der Waals surface area (Å²) in [6, 6.07) is 1.85. The van der Waals surface area contributed by atoms with Crippen LogP contribution in [0.2, 0.25) is 0 Å². The first kappa shape index (κ1) is 13.4. The molecule has 1 aliphatic carbocycles. The van der Waals surface area contributed by atoms with Gasteiger partial charge >= 0.3 is 0 Å². The highest BCUT2D eigenvalue weighted by atomic mass is 15.2. The van der Waals surface area contributed by atoms with Gasteiger partial charge < -0.3 is 0 Å². The number of rotatable bonds is 2. The van der Waals surface area contributed by atoms with E-state index in [0.717, 1.165) is 22.5 Å². The van der Waals surface area contributed by atoms with Gasteiger partial charge in [0, 0.05) is 30.1 Å². The molecule has 0 N–H and O–H groups in total. The molecule has 2 aromatic heterocycles. The molecule has 0 radical (unpaired) electrons. The Kier molecular flexibility index (Phi) is 3.43. The van der Waals surface area contributed by atoms with Crippen LogP contribution in [0.15, 0.2) is 89.7 Å². The zero-order valence-corrected chi connectivity index (χ0v) is 12.4. The van der Waals surface area contributed by atoms with Gasteiger partial charge in [-0.3, -0.25) is 4.99 Å². The molecule has 2 aliphatic rings. The van der Waals surface area contributed by atoms with E-state index in [0.29, 0.717) is 0 Å². The van der Waals surface area contributed by atoms with Gasteiger partial charge in [0.25, 0.3) is 0 Å². The maximum Gasteiger partial charge on any atom is 0.163 e. The Balaban J connectivity index is 1.67. The predicted molar refractivity (Wildman–Crippen MR) is 92.0 cm³/mol. The van der Waals surface area contributed by atoms with Crippen molar-refractivity contribution in [2.24, 2.45) is 10.9 Å². The topological polar surface area (TPSA) is 42.5 Å². The standard InChI is InChI=1S/C19H14N4/c1-2-4-8-15(7-3-1)18-10-5-9-16(13-21-18)17-14-22-23-12-6-11-20-19(17)23/h1-8,10-15H. The Bertz CT molecular complexity index is 944. The lowest BCUT2D eigenvalue weighted by atomic mass is 10.0. The van der Waals surface area contributed by atoms with Crippen LogP contribution in [0.5, 0.6) is 0 Å². The van der Waals surface area contributed by atoms with Crippen molar-refractivity contribution in [2.45, 2.75) is 0 Å². The van der Waals surface area contributed by atoms with Crippen molar-refractivity contribution in [1.29, 1.82) is 0 Å². The summed E-state index contributed by atoms with van der Waals surface area (Å²) >= 11 is 0. The van der Waals surface area contributed by atoms with E-state index in [4.69, 9.17) is 0 Å².